The number of hydrogen-bond donors (Lipinski definition) is 1. The number of aromatic amines is 1. The minimum atomic E-state index is -0.581. The molecule has 5 nitrogen and oxygen atoms in total. The van der Waals surface area contributed by atoms with Gasteiger partial charge in [-0.2, -0.15) is 0 Å². The Kier molecular flexibility index (Phi) is 2.64. The van der Waals surface area contributed by atoms with E-state index < -0.39 is 11.9 Å². The van der Waals surface area contributed by atoms with Gasteiger partial charge in [-0.05, 0) is 5.56 Å². The van der Waals surface area contributed by atoms with E-state index in [2.05, 4.69) is 14.7 Å². The van der Waals surface area contributed by atoms with E-state index in [1.54, 1.807) is 7.11 Å². The summed E-state index contributed by atoms with van der Waals surface area (Å²) in [6.07, 6.45) is -0.405. The van der Waals surface area contributed by atoms with E-state index in [0.717, 1.165) is 5.56 Å². The average molecular weight is 206 g/mol. The highest BCUT2D eigenvalue weighted by molar-refractivity contribution is 5.22. The van der Waals surface area contributed by atoms with Gasteiger partial charge in [-0.25, -0.2) is 4.79 Å². The summed E-state index contributed by atoms with van der Waals surface area (Å²) < 4.78 is 9.67. The third-order valence-corrected chi connectivity index (χ3v) is 2.04. The lowest BCUT2D eigenvalue weighted by atomic mass is 10.1. The van der Waals surface area contributed by atoms with E-state index >= 15 is 0 Å². The summed E-state index contributed by atoms with van der Waals surface area (Å²) in [6.45, 7) is 0. The molecule has 1 N–H and O–H groups in total. The van der Waals surface area contributed by atoms with E-state index in [-0.39, 0.29) is 0 Å². The summed E-state index contributed by atoms with van der Waals surface area (Å²) >= 11 is 0. The molecule has 1 aromatic carbocycles. The molecule has 1 atom stereocenters. The third kappa shape index (κ3) is 1.97. The minimum absolute atomic E-state index is 0.369. The zero-order valence-electron chi connectivity index (χ0n) is 8.14. The molecule has 1 heterocycles. The second-order valence-corrected chi connectivity index (χ2v) is 3.01. The van der Waals surface area contributed by atoms with Crippen molar-refractivity contribution in [2.75, 3.05) is 7.11 Å². The van der Waals surface area contributed by atoms with Crippen molar-refractivity contribution in [1.82, 2.24) is 10.1 Å². The highest BCUT2D eigenvalue weighted by Gasteiger charge is 2.17. The van der Waals surface area contributed by atoms with Gasteiger partial charge < -0.3 is 4.74 Å². The first-order valence-electron chi connectivity index (χ1n) is 4.45. The Morgan fingerprint density at radius 3 is 2.67 bits per heavy atom. The fourth-order valence-corrected chi connectivity index (χ4v) is 1.39. The lowest BCUT2D eigenvalue weighted by Crippen LogP contribution is -2.07. The zero-order valence-corrected chi connectivity index (χ0v) is 8.14. The van der Waals surface area contributed by atoms with E-state index in [4.69, 9.17) is 4.74 Å². The number of ether oxygens (including phenoxy) is 1. The second-order valence-electron chi connectivity index (χ2n) is 3.01. The summed E-state index contributed by atoms with van der Waals surface area (Å²) in [4.78, 5) is 13.3. The van der Waals surface area contributed by atoms with Crippen LogP contribution in [-0.2, 0) is 4.74 Å². The van der Waals surface area contributed by atoms with Gasteiger partial charge in [0.25, 0.3) is 0 Å². The summed E-state index contributed by atoms with van der Waals surface area (Å²) in [5.41, 5.74) is 0.907. The highest BCUT2D eigenvalue weighted by Crippen LogP contribution is 2.20. The molecule has 0 saturated carbocycles. The quantitative estimate of drug-likeness (QED) is 0.816. The van der Waals surface area contributed by atoms with Crippen LogP contribution < -0.4 is 5.76 Å². The SMILES string of the molecule is COC(c1ccccc1)c1noc(=O)[nH]1. The number of aromatic nitrogens is 2. The molecule has 0 aliphatic rings. The first-order valence-corrected chi connectivity index (χ1v) is 4.45. The molecule has 0 radical (unpaired) electrons. The molecule has 5 heteroatoms. The van der Waals surface area contributed by atoms with Crippen LogP contribution in [-0.4, -0.2) is 17.3 Å². The van der Waals surface area contributed by atoms with Gasteiger partial charge in [0.2, 0.25) is 0 Å². The van der Waals surface area contributed by atoms with Gasteiger partial charge in [-0.3, -0.25) is 9.51 Å². The van der Waals surface area contributed by atoms with Crippen molar-refractivity contribution in [2.24, 2.45) is 0 Å². The molecule has 0 fully saturated rings. The molecular formula is C10H10N2O3. The largest absolute Gasteiger partial charge is 0.439 e. The standard InChI is InChI=1S/C10H10N2O3/c1-14-8(7-5-3-2-4-6-7)9-11-10(13)15-12-9/h2-6,8H,1H3,(H,11,12,13). The van der Waals surface area contributed by atoms with Gasteiger partial charge in [0.15, 0.2) is 5.82 Å². The average Bonchev–Trinajstić information content (AvgIpc) is 2.68. The Hall–Kier alpha value is -1.88. The van der Waals surface area contributed by atoms with Gasteiger partial charge in [-0.15, -0.1) is 0 Å². The maximum absolute atomic E-state index is 10.8. The molecule has 2 rings (SSSR count). The summed E-state index contributed by atoms with van der Waals surface area (Å²) in [5, 5.41) is 3.60. The summed E-state index contributed by atoms with van der Waals surface area (Å²) in [6, 6.07) is 9.46. The fourth-order valence-electron chi connectivity index (χ4n) is 1.39. The smallest absolute Gasteiger partial charge is 0.369 e. The van der Waals surface area contributed by atoms with Crippen LogP contribution in [0, 0.1) is 0 Å². The van der Waals surface area contributed by atoms with Crippen LogP contribution in [0.25, 0.3) is 0 Å². The van der Waals surface area contributed by atoms with Crippen LogP contribution in [0.15, 0.2) is 39.6 Å². The minimum Gasteiger partial charge on any atom is -0.369 e. The predicted molar refractivity (Wildman–Crippen MR) is 52.4 cm³/mol. The van der Waals surface area contributed by atoms with Gasteiger partial charge in [-0.1, -0.05) is 35.5 Å². The van der Waals surface area contributed by atoms with E-state index in [1.807, 2.05) is 30.3 Å². The maximum atomic E-state index is 10.8. The molecule has 2 aromatic rings. The predicted octanol–water partition coefficient (Wildman–Crippen LogP) is 1.10. The lowest BCUT2D eigenvalue weighted by molar-refractivity contribution is 0.126. The Morgan fingerprint density at radius 1 is 1.40 bits per heavy atom. The molecule has 15 heavy (non-hydrogen) atoms. The number of nitrogens with zero attached hydrogens (tertiary/aromatic N) is 1. The number of nitrogens with one attached hydrogen (secondary N) is 1. The summed E-state index contributed by atoms with van der Waals surface area (Å²) in [5.74, 6) is -0.211. The summed E-state index contributed by atoms with van der Waals surface area (Å²) in [7, 11) is 1.55. The molecule has 1 aromatic heterocycles. The number of hydrogen-bond acceptors (Lipinski definition) is 4. The van der Waals surface area contributed by atoms with Gasteiger partial charge >= 0.3 is 5.76 Å². The molecule has 0 aliphatic carbocycles. The number of methoxy groups -OCH3 is 1. The molecule has 78 valence electrons. The number of benzene rings is 1. The molecule has 0 spiro atoms. The second kappa shape index (κ2) is 4.10. The molecular weight excluding hydrogens is 196 g/mol. The van der Waals surface area contributed by atoms with Crippen molar-refractivity contribution < 1.29 is 9.26 Å². The Morgan fingerprint density at radius 2 is 2.13 bits per heavy atom. The monoisotopic (exact) mass is 206 g/mol. The van der Waals surface area contributed by atoms with Crippen molar-refractivity contribution in [1.29, 1.82) is 0 Å². The van der Waals surface area contributed by atoms with Crippen molar-refractivity contribution in [3.8, 4) is 0 Å². The molecule has 0 saturated heterocycles. The molecule has 1 unspecified atom stereocenters. The van der Waals surface area contributed by atoms with Crippen LogP contribution in [0.1, 0.15) is 17.5 Å². The normalized spacial score (nSPS) is 12.6. The van der Waals surface area contributed by atoms with Crippen LogP contribution in [0.5, 0.6) is 0 Å². The zero-order chi connectivity index (χ0) is 10.7. The van der Waals surface area contributed by atoms with Crippen LogP contribution in [0.2, 0.25) is 0 Å². The van der Waals surface area contributed by atoms with Gasteiger partial charge in [0, 0.05) is 7.11 Å². The van der Waals surface area contributed by atoms with Crippen molar-refractivity contribution in [3.63, 3.8) is 0 Å². The van der Waals surface area contributed by atoms with Crippen molar-refractivity contribution in [2.45, 2.75) is 6.10 Å². The third-order valence-electron chi connectivity index (χ3n) is 2.04. The van der Waals surface area contributed by atoms with Crippen molar-refractivity contribution in [3.05, 3.63) is 52.3 Å². The van der Waals surface area contributed by atoms with Gasteiger partial charge in [0.05, 0.1) is 0 Å². The molecule has 0 aliphatic heterocycles. The Balaban J connectivity index is 2.37. The van der Waals surface area contributed by atoms with Crippen LogP contribution >= 0.6 is 0 Å². The van der Waals surface area contributed by atoms with Gasteiger partial charge in [0.1, 0.15) is 6.10 Å². The topological polar surface area (TPSA) is 68.1 Å². The molecule has 0 amide bonds. The maximum Gasteiger partial charge on any atom is 0.439 e. The fraction of sp³-hybridized carbons (Fsp3) is 0.200. The van der Waals surface area contributed by atoms with E-state index in [9.17, 15) is 4.79 Å². The van der Waals surface area contributed by atoms with E-state index in [1.165, 1.54) is 0 Å². The first kappa shape index (κ1) is 9.67. The Bertz CT molecular complexity index is 475. The van der Waals surface area contributed by atoms with E-state index in [0.29, 0.717) is 5.82 Å². The molecule has 0 bridgehead atoms. The number of H-pyrrole nitrogens is 1. The van der Waals surface area contributed by atoms with Crippen LogP contribution in [0.4, 0.5) is 0 Å². The first-order chi connectivity index (χ1) is 7.31. The highest BCUT2D eigenvalue weighted by atomic mass is 16.5. The number of rotatable bonds is 3. The Labute approximate surface area is 85.7 Å². The lowest BCUT2D eigenvalue weighted by Gasteiger charge is -2.11. The van der Waals surface area contributed by atoms with Crippen LogP contribution in [0.3, 0.4) is 0 Å². The van der Waals surface area contributed by atoms with Crippen molar-refractivity contribution >= 4 is 0 Å².